The Hall–Kier alpha value is -2.68. The first-order valence-electron chi connectivity index (χ1n) is 8.81. The van der Waals surface area contributed by atoms with Gasteiger partial charge in [-0.15, -0.1) is 0 Å². The summed E-state index contributed by atoms with van der Waals surface area (Å²) in [6, 6.07) is 1.30. The minimum atomic E-state index is -0.603. The van der Waals surface area contributed by atoms with Crippen LogP contribution in [0.25, 0.3) is 11.4 Å². The Morgan fingerprint density at radius 2 is 2.00 bits per heavy atom. The molecule has 2 aromatic rings. The van der Waals surface area contributed by atoms with E-state index in [1.165, 1.54) is 6.20 Å². The Labute approximate surface area is 168 Å². The molecule has 0 radical (unpaired) electrons. The maximum atomic E-state index is 12.3. The second-order valence-electron chi connectivity index (χ2n) is 7.08. The summed E-state index contributed by atoms with van der Waals surface area (Å²) in [6.45, 7) is 9.34. The normalized spacial score (nSPS) is 12.4. The van der Waals surface area contributed by atoms with Gasteiger partial charge in [0.2, 0.25) is 11.1 Å². The number of carbonyl (C=O) groups excluding carboxylic acids is 2. The van der Waals surface area contributed by atoms with E-state index in [1.54, 1.807) is 51.4 Å². The summed E-state index contributed by atoms with van der Waals surface area (Å²) in [5, 5.41) is 2.81. The minimum absolute atomic E-state index is 0.0738. The molecule has 0 fully saturated rings. The van der Waals surface area contributed by atoms with E-state index >= 15 is 0 Å². The first-order chi connectivity index (χ1) is 13.1. The van der Waals surface area contributed by atoms with Crippen molar-refractivity contribution in [3.05, 3.63) is 29.6 Å². The second kappa shape index (κ2) is 9.01. The molecule has 0 aromatic carbocycles. The summed E-state index contributed by atoms with van der Waals surface area (Å²) in [6.07, 6.45) is 2.61. The van der Waals surface area contributed by atoms with Crippen LogP contribution in [0.2, 0.25) is 5.28 Å². The van der Waals surface area contributed by atoms with Gasteiger partial charge in [0.25, 0.3) is 0 Å². The number of halogens is 1. The second-order valence-corrected chi connectivity index (χ2v) is 7.42. The third kappa shape index (κ3) is 6.19. The molecule has 0 bridgehead atoms. The maximum absolute atomic E-state index is 12.3. The van der Waals surface area contributed by atoms with Crippen molar-refractivity contribution in [2.45, 2.75) is 52.8 Å². The van der Waals surface area contributed by atoms with Crippen LogP contribution in [0.15, 0.2) is 18.5 Å². The molecule has 0 saturated carbocycles. The van der Waals surface area contributed by atoms with Crippen LogP contribution in [0.3, 0.4) is 0 Å². The van der Waals surface area contributed by atoms with E-state index < -0.39 is 17.7 Å². The fourth-order valence-corrected chi connectivity index (χ4v) is 2.51. The molecule has 2 aromatic heterocycles. The lowest BCUT2D eigenvalue weighted by atomic mass is 10.2. The highest BCUT2D eigenvalue weighted by Gasteiger charge is 2.22. The quantitative estimate of drug-likeness (QED) is 0.576. The largest absolute Gasteiger partial charge is 0.460 e. The van der Waals surface area contributed by atoms with Crippen molar-refractivity contribution in [3.63, 3.8) is 0 Å². The van der Waals surface area contributed by atoms with Crippen LogP contribution in [0.4, 0.5) is 4.79 Å². The SMILES string of the molecule is CCOC(=O)c1nc(-c2ccnc(Cl)n2)cn1C[C@H](C)NC(=O)OC(C)(C)C. The molecule has 1 N–H and O–H groups in total. The van der Waals surface area contributed by atoms with Gasteiger partial charge in [0.1, 0.15) is 11.3 Å². The van der Waals surface area contributed by atoms with Crippen molar-refractivity contribution in [1.82, 2.24) is 24.8 Å². The standard InChI is InChI=1S/C18H24ClN5O4/c1-6-27-15(25)14-22-13(12-7-8-20-16(19)23-12)10-24(14)9-11(2)21-17(26)28-18(3,4)5/h7-8,10-11H,6,9H2,1-5H3,(H,21,26)/t11-/m0/s1. The van der Waals surface area contributed by atoms with Crippen LogP contribution < -0.4 is 5.32 Å². The summed E-state index contributed by atoms with van der Waals surface area (Å²) in [4.78, 5) is 36.5. The average molecular weight is 410 g/mol. The molecule has 0 aliphatic rings. The van der Waals surface area contributed by atoms with E-state index in [0.29, 0.717) is 11.4 Å². The molecule has 0 aliphatic carbocycles. The fourth-order valence-electron chi connectivity index (χ4n) is 2.36. The average Bonchev–Trinajstić information content (AvgIpc) is 2.97. The van der Waals surface area contributed by atoms with Crippen molar-refractivity contribution in [3.8, 4) is 11.4 Å². The molecule has 1 atom stereocenters. The van der Waals surface area contributed by atoms with Crippen molar-refractivity contribution < 1.29 is 19.1 Å². The third-order valence-corrected chi connectivity index (χ3v) is 3.54. The van der Waals surface area contributed by atoms with Gasteiger partial charge in [-0.25, -0.2) is 24.5 Å². The Morgan fingerprint density at radius 1 is 1.29 bits per heavy atom. The number of aromatic nitrogens is 4. The number of nitrogens with zero attached hydrogens (tertiary/aromatic N) is 4. The number of carbonyl (C=O) groups is 2. The summed E-state index contributed by atoms with van der Waals surface area (Å²) in [5.41, 5.74) is 0.308. The summed E-state index contributed by atoms with van der Waals surface area (Å²) < 4.78 is 11.9. The van der Waals surface area contributed by atoms with Gasteiger partial charge in [0, 0.05) is 25.0 Å². The number of ether oxygens (including phenoxy) is 2. The van der Waals surface area contributed by atoms with Crippen molar-refractivity contribution in [2.75, 3.05) is 6.61 Å². The van der Waals surface area contributed by atoms with Gasteiger partial charge in [0.15, 0.2) is 0 Å². The maximum Gasteiger partial charge on any atom is 0.407 e. The van der Waals surface area contributed by atoms with Crippen molar-refractivity contribution >= 4 is 23.7 Å². The molecular formula is C18H24ClN5O4. The van der Waals surface area contributed by atoms with Crippen LogP contribution in [-0.4, -0.2) is 49.8 Å². The lowest BCUT2D eigenvalue weighted by Gasteiger charge is -2.22. The number of rotatable bonds is 6. The van der Waals surface area contributed by atoms with E-state index in [4.69, 9.17) is 21.1 Å². The van der Waals surface area contributed by atoms with E-state index in [-0.39, 0.29) is 30.3 Å². The van der Waals surface area contributed by atoms with E-state index in [0.717, 1.165) is 0 Å². The topological polar surface area (TPSA) is 108 Å². The molecule has 2 rings (SSSR count). The van der Waals surface area contributed by atoms with Crippen LogP contribution in [0, 0.1) is 0 Å². The number of hydrogen-bond donors (Lipinski definition) is 1. The molecule has 0 unspecified atom stereocenters. The highest BCUT2D eigenvalue weighted by atomic mass is 35.5. The minimum Gasteiger partial charge on any atom is -0.460 e. The Morgan fingerprint density at radius 3 is 2.61 bits per heavy atom. The number of esters is 1. The fraction of sp³-hybridized carbons (Fsp3) is 0.500. The third-order valence-electron chi connectivity index (χ3n) is 3.36. The lowest BCUT2D eigenvalue weighted by Crippen LogP contribution is -2.39. The first kappa shape index (κ1) is 21.6. The molecule has 0 aliphatic heterocycles. The number of alkyl carbamates (subject to hydrolysis) is 1. The smallest absolute Gasteiger partial charge is 0.407 e. The molecule has 2 heterocycles. The summed E-state index contributed by atoms with van der Waals surface area (Å²) in [7, 11) is 0. The number of nitrogens with one attached hydrogen (secondary N) is 1. The molecule has 152 valence electrons. The number of imidazole rings is 1. The lowest BCUT2D eigenvalue weighted by molar-refractivity contribution is 0.0501. The monoisotopic (exact) mass is 409 g/mol. The Bertz CT molecular complexity index is 847. The van der Waals surface area contributed by atoms with Crippen molar-refractivity contribution in [1.29, 1.82) is 0 Å². The molecule has 9 nitrogen and oxygen atoms in total. The van der Waals surface area contributed by atoms with Gasteiger partial charge < -0.3 is 19.4 Å². The highest BCUT2D eigenvalue weighted by molar-refractivity contribution is 6.28. The van der Waals surface area contributed by atoms with Gasteiger partial charge in [-0.05, 0) is 52.3 Å². The van der Waals surface area contributed by atoms with E-state index in [1.807, 2.05) is 0 Å². The number of amides is 1. The first-order valence-corrected chi connectivity index (χ1v) is 9.19. The van der Waals surface area contributed by atoms with E-state index in [2.05, 4.69) is 20.3 Å². The zero-order valence-corrected chi connectivity index (χ0v) is 17.3. The van der Waals surface area contributed by atoms with Crippen LogP contribution in [0.1, 0.15) is 45.2 Å². The zero-order valence-electron chi connectivity index (χ0n) is 16.5. The predicted octanol–water partition coefficient (Wildman–Crippen LogP) is 3.08. The van der Waals surface area contributed by atoms with Crippen LogP contribution >= 0.6 is 11.6 Å². The van der Waals surface area contributed by atoms with Crippen LogP contribution in [-0.2, 0) is 16.0 Å². The van der Waals surface area contributed by atoms with Crippen LogP contribution in [0.5, 0.6) is 0 Å². The molecular weight excluding hydrogens is 386 g/mol. The molecule has 0 spiro atoms. The number of hydrogen-bond acceptors (Lipinski definition) is 7. The van der Waals surface area contributed by atoms with Crippen molar-refractivity contribution in [2.24, 2.45) is 0 Å². The molecule has 10 heteroatoms. The molecule has 0 saturated heterocycles. The Balaban J connectivity index is 2.23. The van der Waals surface area contributed by atoms with Gasteiger partial charge >= 0.3 is 12.1 Å². The summed E-state index contributed by atoms with van der Waals surface area (Å²) >= 11 is 5.84. The van der Waals surface area contributed by atoms with Gasteiger partial charge in [0.05, 0.1) is 12.3 Å². The Kier molecular flexibility index (Phi) is 6.95. The molecule has 1 amide bonds. The van der Waals surface area contributed by atoms with Gasteiger partial charge in [-0.3, -0.25) is 0 Å². The highest BCUT2D eigenvalue weighted by Crippen LogP contribution is 2.18. The summed E-state index contributed by atoms with van der Waals surface area (Å²) in [5.74, 6) is -0.470. The zero-order chi connectivity index (χ0) is 20.9. The van der Waals surface area contributed by atoms with Gasteiger partial charge in [-0.2, -0.15) is 0 Å². The molecule has 28 heavy (non-hydrogen) atoms. The predicted molar refractivity (Wildman–Crippen MR) is 103 cm³/mol. The van der Waals surface area contributed by atoms with E-state index in [9.17, 15) is 9.59 Å². The van der Waals surface area contributed by atoms with Gasteiger partial charge in [-0.1, -0.05) is 0 Å².